The van der Waals surface area contributed by atoms with Gasteiger partial charge in [-0.3, -0.25) is 4.79 Å². The smallest absolute Gasteiger partial charge is 0.245 e. The number of carbonyl (C=O) groups excluding carboxylic acids is 1. The topological polar surface area (TPSA) is 52.6 Å². The van der Waals surface area contributed by atoms with Crippen LogP contribution in [0, 0.1) is 0 Å². The van der Waals surface area contributed by atoms with Gasteiger partial charge in [0.05, 0.1) is 6.61 Å². The molecule has 19 heavy (non-hydrogen) atoms. The number of anilines is 1. The van der Waals surface area contributed by atoms with Crippen molar-refractivity contribution in [2.45, 2.75) is 38.8 Å². The van der Waals surface area contributed by atoms with Crippen LogP contribution >= 0.6 is 0 Å². The number of rotatable bonds is 3. The molecule has 4 nitrogen and oxygen atoms in total. The molecule has 0 aromatic heterocycles. The van der Waals surface area contributed by atoms with E-state index in [0.717, 1.165) is 25.1 Å². The molecule has 4 heteroatoms. The molecule has 1 amide bonds. The van der Waals surface area contributed by atoms with E-state index in [0.29, 0.717) is 0 Å². The molecule has 1 aliphatic rings. The second kappa shape index (κ2) is 6.06. The van der Waals surface area contributed by atoms with Gasteiger partial charge in [0.15, 0.2) is 0 Å². The molecule has 2 atom stereocenters. The first-order chi connectivity index (χ1) is 9.17. The summed E-state index contributed by atoms with van der Waals surface area (Å²) in [5.41, 5.74) is 2.27. The number of hydrogen-bond donors (Lipinski definition) is 2. The van der Waals surface area contributed by atoms with Crippen LogP contribution in [0.1, 0.15) is 25.8 Å². The molecule has 2 unspecified atom stereocenters. The quantitative estimate of drug-likeness (QED) is 0.864. The number of nitrogens with one attached hydrogen (secondary N) is 1. The van der Waals surface area contributed by atoms with Crippen molar-refractivity contribution < 1.29 is 9.90 Å². The molecular weight excluding hydrogens is 240 g/mol. The molecule has 1 heterocycles. The van der Waals surface area contributed by atoms with Crippen LogP contribution in [-0.2, 0) is 11.2 Å². The number of para-hydroxylation sites is 1. The Morgan fingerprint density at radius 3 is 2.84 bits per heavy atom. The minimum Gasteiger partial charge on any atom is -0.394 e. The standard InChI is InChI=1S/C15H22N2O2/c1-3-12-6-4-5-7-13(12)17-9-8-11(2)16-15(19)14(17)10-18/h4-7,11,14,18H,3,8-10H2,1-2H3,(H,16,19). The molecule has 0 spiro atoms. The summed E-state index contributed by atoms with van der Waals surface area (Å²) in [7, 11) is 0. The lowest BCUT2D eigenvalue weighted by molar-refractivity contribution is -0.123. The van der Waals surface area contributed by atoms with Gasteiger partial charge in [0.2, 0.25) is 5.91 Å². The van der Waals surface area contributed by atoms with E-state index in [9.17, 15) is 9.90 Å². The van der Waals surface area contributed by atoms with Crippen molar-refractivity contribution in [2.75, 3.05) is 18.1 Å². The summed E-state index contributed by atoms with van der Waals surface area (Å²) < 4.78 is 0. The third-order valence-electron chi connectivity index (χ3n) is 3.73. The zero-order valence-corrected chi connectivity index (χ0v) is 11.6. The molecule has 1 aromatic rings. The van der Waals surface area contributed by atoms with Crippen molar-refractivity contribution in [3.63, 3.8) is 0 Å². The number of nitrogens with zero attached hydrogens (tertiary/aromatic N) is 1. The van der Waals surface area contributed by atoms with Crippen LogP contribution in [0.15, 0.2) is 24.3 Å². The molecule has 0 saturated carbocycles. The van der Waals surface area contributed by atoms with Crippen molar-refractivity contribution in [3.8, 4) is 0 Å². The average molecular weight is 262 g/mol. The fourth-order valence-electron chi connectivity index (χ4n) is 2.60. The minimum atomic E-state index is -0.488. The highest BCUT2D eigenvalue weighted by atomic mass is 16.3. The van der Waals surface area contributed by atoms with E-state index >= 15 is 0 Å². The average Bonchev–Trinajstić information content (AvgIpc) is 2.56. The van der Waals surface area contributed by atoms with Crippen molar-refractivity contribution >= 4 is 11.6 Å². The molecule has 2 rings (SSSR count). The molecule has 1 aromatic carbocycles. The van der Waals surface area contributed by atoms with Gasteiger partial charge in [-0.1, -0.05) is 25.1 Å². The molecule has 1 saturated heterocycles. The van der Waals surface area contributed by atoms with Crippen LogP contribution in [0.4, 0.5) is 5.69 Å². The summed E-state index contributed by atoms with van der Waals surface area (Å²) >= 11 is 0. The molecule has 0 radical (unpaired) electrons. The van der Waals surface area contributed by atoms with Crippen LogP contribution in [-0.4, -0.2) is 36.2 Å². The van der Waals surface area contributed by atoms with E-state index in [4.69, 9.17) is 0 Å². The van der Waals surface area contributed by atoms with Crippen molar-refractivity contribution in [1.29, 1.82) is 0 Å². The van der Waals surface area contributed by atoms with Gasteiger partial charge >= 0.3 is 0 Å². The first kappa shape index (κ1) is 13.9. The molecule has 0 bridgehead atoms. The van der Waals surface area contributed by atoms with Crippen LogP contribution in [0.3, 0.4) is 0 Å². The number of aliphatic hydroxyl groups excluding tert-OH is 1. The fraction of sp³-hybridized carbons (Fsp3) is 0.533. The number of aliphatic hydroxyl groups is 1. The molecule has 1 fully saturated rings. The van der Waals surface area contributed by atoms with Crippen LogP contribution < -0.4 is 10.2 Å². The van der Waals surface area contributed by atoms with Crippen LogP contribution in [0.5, 0.6) is 0 Å². The first-order valence-corrected chi connectivity index (χ1v) is 6.93. The number of hydrogen-bond acceptors (Lipinski definition) is 3. The second-order valence-electron chi connectivity index (χ2n) is 5.07. The third-order valence-corrected chi connectivity index (χ3v) is 3.73. The van der Waals surface area contributed by atoms with Gasteiger partial charge in [-0.2, -0.15) is 0 Å². The molecule has 104 valence electrons. The number of carbonyl (C=O) groups is 1. The highest BCUT2D eigenvalue weighted by Crippen LogP contribution is 2.25. The van der Waals surface area contributed by atoms with Gasteiger partial charge < -0.3 is 15.3 Å². The SMILES string of the molecule is CCc1ccccc1N1CCC(C)NC(=O)C1CO. The normalized spacial score (nSPS) is 23.9. The predicted molar refractivity (Wildman–Crippen MR) is 76.3 cm³/mol. The Hall–Kier alpha value is -1.55. The summed E-state index contributed by atoms with van der Waals surface area (Å²) in [5.74, 6) is -0.0848. The molecular formula is C15H22N2O2. The molecule has 0 aliphatic carbocycles. The summed E-state index contributed by atoms with van der Waals surface area (Å²) in [4.78, 5) is 14.2. The molecule has 1 aliphatic heterocycles. The Kier molecular flexibility index (Phi) is 4.43. The Balaban J connectivity index is 2.36. The number of benzene rings is 1. The van der Waals surface area contributed by atoms with Gasteiger partial charge in [0.1, 0.15) is 6.04 Å². The van der Waals surface area contributed by atoms with Crippen LogP contribution in [0.2, 0.25) is 0 Å². The lowest BCUT2D eigenvalue weighted by Crippen LogP contribution is -2.47. The largest absolute Gasteiger partial charge is 0.394 e. The van der Waals surface area contributed by atoms with Crippen molar-refractivity contribution in [1.82, 2.24) is 5.32 Å². The maximum absolute atomic E-state index is 12.1. The number of amides is 1. The van der Waals surface area contributed by atoms with Gasteiger partial charge in [-0.05, 0) is 31.4 Å². The van der Waals surface area contributed by atoms with Gasteiger partial charge in [0, 0.05) is 18.3 Å². The Bertz CT molecular complexity index is 448. The van der Waals surface area contributed by atoms with E-state index in [1.807, 2.05) is 30.0 Å². The summed E-state index contributed by atoms with van der Waals surface area (Å²) in [6.45, 7) is 4.73. The van der Waals surface area contributed by atoms with Crippen molar-refractivity contribution in [2.24, 2.45) is 0 Å². The van der Waals surface area contributed by atoms with Gasteiger partial charge in [-0.15, -0.1) is 0 Å². The maximum Gasteiger partial charge on any atom is 0.245 e. The van der Waals surface area contributed by atoms with Crippen molar-refractivity contribution in [3.05, 3.63) is 29.8 Å². The van der Waals surface area contributed by atoms with E-state index in [-0.39, 0.29) is 18.6 Å². The summed E-state index contributed by atoms with van der Waals surface area (Å²) in [6, 6.07) is 7.77. The Labute approximate surface area is 114 Å². The zero-order valence-electron chi connectivity index (χ0n) is 11.6. The van der Waals surface area contributed by atoms with Gasteiger partial charge in [-0.25, -0.2) is 0 Å². The number of aryl methyl sites for hydroxylation is 1. The molecule has 2 N–H and O–H groups in total. The summed E-state index contributed by atoms with van der Waals surface area (Å²) in [6.07, 6.45) is 1.81. The highest BCUT2D eigenvalue weighted by Gasteiger charge is 2.30. The minimum absolute atomic E-state index is 0.0848. The monoisotopic (exact) mass is 262 g/mol. The highest BCUT2D eigenvalue weighted by molar-refractivity contribution is 5.86. The lowest BCUT2D eigenvalue weighted by atomic mass is 10.1. The Morgan fingerprint density at radius 2 is 2.16 bits per heavy atom. The van der Waals surface area contributed by atoms with E-state index in [2.05, 4.69) is 18.3 Å². The van der Waals surface area contributed by atoms with E-state index in [1.165, 1.54) is 5.56 Å². The van der Waals surface area contributed by atoms with E-state index < -0.39 is 6.04 Å². The second-order valence-corrected chi connectivity index (χ2v) is 5.07. The zero-order chi connectivity index (χ0) is 13.8. The maximum atomic E-state index is 12.1. The van der Waals surface area contributed by atoms with E-state index in [1.54, 1.807) is 0 Å². The van der Waals surface area contributed by atoms with Gasteiger partial charge in [0.25, 0.3) is 0 Å². The first-order valence-electron chi connectivity index (χ1n) is 6.93. The lowest BCUT2D eigenvalue weighted by Gasteiger charge is -2.30. The third kappa shape index (κ3) is 2.89. The summed E-state index contributed by atoms with van der Waals surface area (Å²) in [5, 5.41) is 12.5. The van der Waals surface area contributed by atoms with Crippen LogP contribution in [0.25, 0.3) is 0 Å². The fourth-order valence-corrected chi connectivity index (χ4v) is 2.60. The Morgan fingerprint density at radius 1 is 1.42 bits per heavy atom. The predicted octanol–water partition coefficient (Wildman–Crippen LogP) is 1.32.